The molecule has 4 rings (SSSR count). The van der Waals surface area contributed by atoms with Crippen molar-refractivity contribution in [2.24, 2.45) is 0 Å². The molecule has 1 aliphatic carbocycles. The first-order valence-electron chi connectivity index (χ1n) is 9.32. The summed E-state index contributed by atoms with van der Waals surface area (Å²) in [7, 11) is 0. The Morgan fingerprint density at radius 2 is 2.00 bits per heavy atom. The minimum Gasteiger partial charge on any atom is -0.325 e. The van der Waals surface area contributed by atoms with E-state index in [-0.39, 0.29) is 11.7 Å². The summed E-state index contributed by atoms with van der Waals surface area (Å²) in [5.74, 6) is 2.13. The summed E-state index contributed by atoms with van der Waals surface area (Å²) >= 11 is 7.37. The van der Waals surface area contributed by atoms with Gasteiger partial charge in [-0.3, -0.25) is 4.79 Å². The molecule has 1 aromatic heterocycles. The number of rotatable bonds is 7. The van der Waals surface area contributed by atoms with Gasteiger partial charge >= 0.3 is 0 Å². The van der Waals surface area contributed by atoms with E-state index in [0.717, 1.165) is 23.9 Å². The highest BCUT2D eigenvalue weighted by molar-refractivity contribution is 7.99. The lowest BCUT2D eigenvalue weighted by Gasteiger charge is -2.08. The standard InChI is InChI=1S/C21H21ClN4OS/c1-2-26-20(18-12-17(18)14-7-4-3-5-8-14)24-25-21(26)28-13-19(27)23-16-10-6-9-15(22)11-16/h3-11,17-18H,2,12-13H2,1H3,(H,23,27). The van der Waals surface area contributed by atoms with Crippen molar-refractivity contribution in [2.45, 2.75) is 36.9 Å². The van der Waals surface area contributed by atoms with Crippen LogP contribution in [0.25, 0.3) is 0 Å². The molecule has 2 atom stereocenters. The van der Waals surface area contributed by atoms with E-state index in [1.807, 2.05) is 18.2 Å². The second-order valence-electron chi connectivity index (χ2n) is 6.79. The first kappa shape index (κ1) is 19.0. The van der Waals surface area contributed by atoms with Crippen molar-refractivity contribution in [1.82, 2.24) is 14.8 Å². The Labute approximate surface area is 173 Å². The number of benzene rings is 2. The van der Waals surface area contributed by atoms with Gasteiger partial charge in [0.1, 0.15) is 5.82 Å². The Hall–Kier alpha value is -2.31. The van der Waals surface area contributed by atoms with E-state index in [9.17, 15) is 4.79 Å². The van der Waals surface area contributed by atoms with Crippen LogP contribution in [0.4, 0.5) is 5.69 Å². The van der Waals surface area contributed by atoms with Gasteiger partial charge in [0.15, 0.2) is 5.16 Å². The van der Waals surface area contributed by atoms with Crippen LogP contribution in [0.5, 0.6) is 0 Å². The average molecular weight is 413 g/mol. The van der Waals surface area contributed by atoms with Gasteiger partial charge in [-0.2, -0.15) is 0 Å². The third kappa shape index (κ3) is 4.23. The molecule has 144 valence electrons. The van der Waals surface area contributed by atoms with Crippen molar-refractivity contribution in [3.8, 4) is 0 Å². The number of amides is 1. The topological polar surface area (TPSA) is 59.8 Å². The normalized spacial score (nSPS) is 18.1. The Morgan fingerprint density at radius 3 is 2.75 bits per heavy atom. The third-order valence-electron chi connectivity index (χ3n) is 4.85. The van der Waals surface area contributed by atoms with E-state index in [2.05, 4.69) is 51.3 Å². The van der Waals surface area contributed by atoms with Gasteiger partial charge in [0.25, 0.3) is 0 Å². The monoisotopic (exact) mass is 412 g/mol. The second-order valence-corrected chi connectivity index (χ2v) is 8.17. The van der Waals surface area contributed by atoms with Gasteiger partial charge in [-0.15, -0.1) is 10.2 Å². The number of nitrogens with one attached hydrogen (secondary N) is 1. The van der Waals surface area contributed by atoms with Gasteiger partial charge in [0.05, 0.1) is 5.75 Å². The molecule has 28 heavy (non-hydrogen) atoms. The first-order chi connectivity index (χ1) is 13.7. The van der Waals surface area contributed by atoms with Gasteiger partial charge in [-0.25, -0.2) is 0 Å². The third-order valence-corrected chi connectivity index (χ3v) is 6.05. The van der Waals surface area contributed by atoms with Crippen LogP contribution < -0.4 is 5.32 Å². The molecule has 1 fully saturated rings. The molecule has 2 aromatic carbocycles. The largest absolute Gasteiger partial charge is 0.325 e. The van der Waals surface area contributed by atoms with E-state index in [1.54, 1.807) is 12.1 Å². The van der Waals surface area contributed by atoms with Crippen molar-refractivity contribution in [3.05, 3.63) is 71.0 Å². The maximum atomic E-state index is 12.3. The molecule has 5 nitrogen and oxygen atoms in total. The van der Waals surface area contributed by atoms with Gasteiger partial charge < -0.3 is 9.88 Å². The molecule has 7 heteroatoms. The Balaban J connectivity index is 1.39. The number of halogens is 1. The Morgan fingerprint density at radius 1 is 1.18 bits per heavy atom. The smallest absolute Gasteiger partial charge is 0.234 e. The molecule has 3 aromatic rings. The maximum Gasteiger partial charge on any atom is 0.234 e. The number of hydrogen-bond acceptors (Lipinski definition) is 4. The molecule has 0 spiro atoms. The minimum absolute atomic E-state index is 0.0898. The Bertz CT molecular complexity index is 976. The van der Waals surface area contributed by atoms with Crippen molar-refractivity contribution < 1.29 is 4.79 Å². The molecule has 1 amide bonds. The van der Waals surface area contributed by atoms with Crippen molar-refractivity contribution in [1.29, 1.82) is 0 Å². The molecule has 0 saturated heterocycles. The fourth-order valence-corrected chi connectivity index (χ4v) is 4.42. The number of carbonyl (C=O) groups excluding carboxylic acids is 1. The summed E-state index contributed by atoms with van der Waals surface area (Å²) in [4.78, 5) is 12.3. The molecule has 2 unspecified atom stereocenters. The summed E-state index contributed by atoms with van der Waals surface area (Å²) < 4.78 is 2.13. The van der Waals surface area contributed by atoms with Crippen LogP contribution in [-0.4, -0.2) is 26.4 Å². The zero-order chi connectivity index (χ0) is 19.5. The minimum atomic E-state index is -0.0898. The highest BCUT2D eigenvalue weighted by Crippen LogP contribution is 2.54. The van der Waals surface area contributed by atoms with Gasteiger partial charge in [-0.1, -0.05) is 59.8 Å². The predicted molar refractivity (Wildman–Crippen MR) is 113 cm³/mol. The zero-order valence-electron chi connectivity index (χ0n) is 15.5. The summed E-state index contributed by atoms with van der Waals surface area (Å²) in [6.07, 6.45) is 1.10. The molecule has 0 aliphatic heterocycles. The SMILES string of the molecule is CCn1c(SCC(=O)Nc2cccc(Cl)c2)nnc1C1CC1c1ccccc1. The van der Waals surface area contributed by atoms with E-state index >= 15 is 0 Å². The lowest BCUT2D eigenvalue weighted by molar-refractivity contribution is -0.113. The van der Waals surface area contributed by atoms with Gasteiger partial charge in [0.2, 0.25) is 5.91 Å². The number of anilines is 1. The summed E-state index contributed by atoms with van der Waals surface area (Å²) in [6, 6.07) is 17.7. The Kier molecular flexibility index (Phi) is 5.69. The average Bonchev–Trinajstić information content (AvgIpc) is 3.39. The van der Waals surface area contributed by atoms with Crippen LogP contribution in [0.15, 0.2) is 59.8 Å². The highest BCUT2D eigenvalue weighted by Gasteiger charge is 2.43. The number of nitrogens with zero attached hydrogens (tertiary/aromatic N) is 3. The number of aromatic nitrogens is 3. The lowest BCUT2D eigenvalue weighted by Crippen LogP contribution is -2.14. The number of carbonyl (C=O) groups is 1. The maximum absolute atomic E-state index is 12.3. The molecule has 1 heterocycles. The molecular formula is C21H21ClN4OS. The van der Waals surface area contributed by atoms with Crippen molar-refractivity contribution in [3.63, 3.8) is 0 Å². The molecule has 0 bridgehead atoms. The molecular weight excluding hydrogens is 392 g/mol. The lowest BCUT2D eigenvalue weighted by atomic mass is 10.1. The fourth-order valence-electron chi connectivity index (χ4n) is 3.42. The van der Waals surface area contributed by atoms with Crippen molar-refractivity contribution in [2.75, 3.05) is 11.1 Å². The molecule has 1 N–H and O–H groups in total. The van der Waals surface area contributed by atoms with E-state index in [1.165, 1.54) is 17.3 Å². The molecule has 0 radical (unpaired) electrons. The number of hydrogen-bond donors (Lipinski definition) is 1. The van der Waals surface area contributed by atoms with Crippen LogP contribution in [0, 0.1) is 0 Å². The van der Waals surface area contributed by atoms with Crippen LogP contribution in [-0.2, 0) is 11.3 Å². The van der Waals surface area contributed by atoms with Crippen LogP contribution in [0.3, 0.4) is 0 Å². The number of thioether (sulfide) groups is 1. The molecule has 1 saturated carbocycles. The predicted octanol–water partition coefficient (Wildman–Crippen LogP) is 4.95. The fraction of sp³-hybridized carbons (Fsp3) is 0.286. The second kappa shape index (κ2) is 8.37. The van der Waals surface area contributed by atoms with Gasteiger partial charge in [-0.05, 0) is 43.0 Å². The first-order valence-corrected chi connectivity index (χ1v) is 10.7. The van der Waals surface area contributed by atoms with E-state index in [0.29, 0.717) is 22.5 Å². The van der Waals surface area contributed by atoms with E-state index < -0.39 is 0 Å². The summed E-state index contributed by atoms with van der Waals surface area (Å²) in [5, 5.41) is 13.0. The van der Waals surface area contributed by atoms with Crippen molar-refractivity contribution >= 4 is 35.0 Å². The van der Waals surface area contributed by atoms with Crippen LogP contribution in [0.1, 0.15) is 36.6 Å². The van der Waals surface area contributed by atoms with E-state index in [4.69, 9.17) is 11.6 Å². The summed E-state index contributed by atoms with van der Waals surface area (Å²) in [5.41, 5.74) is 2.05. The summed E-state index contributed by atoms with van der Waals surface area (Å²) in [6.45, 7) is 2.88. The highest BCUT2D eigenvalue weighted by atomic mass is 35.5. The molecule has 1 aliphatic rings. The van der Waals surface area contributed by atoms with Crippen LogP contribution in [0.2, 0.25) is 5.02 Å². The quantitative estimate of drug-likeness (QED) is 0.557. The van der Waals surface area contributed by atoms with Gasteiger partial charge in [0, 0.05) is 23.2 Å². The van der Waals surface area contributed by atoms with Crippen LogP contribution >= 0.6 is 23.4 Å². The zero-order valence-corrected chi connectivity index (χ0v) is 17.1.